The monoisotopic (exact) mass is 479 g/mol. The summed E-state index contributed by atoms with van der Waals surface area (Å²) in [5.74, 6) is 2.51. The molecule has 0 aliphatic rings. The van der Waals surface area contributed by atoms with Crippen molar-refractivity contribution in [2.24, 2.45) is 0 Å². The molecule has 0 saturated heterocycles. The number of rotatable bonds is 8. The van der Waals surface area contributed by atoms with Gasteiger partial charge in [0.05, 0.1) is 29.7 Å². The van der Waals surface area contributed by atoms with E-state index in [0.29, 0.717) is 30.6 Å². The topological polar surface area (TPSA) is 65.1 Å². The van der Waals surface area contributed by atoms with Gasteiger partial charge in [0.1, 0.15) is 0 Å². The number of alkyl halides is 3. The van der Waals surface area contributed by atoms with E-state index in [1.54, 1.807) is 16.8 Å². The number of fused-ring (bicyclic) bond motifs is 1. The lowest BCUT2D eigenvalue weighted by Gasteiger charge is -2.10. The fraction of sp³-hybridized carbons (Fsp3) is 0.308. The highest BCUT2D eigenvalue weighted by Gasteiger charge is 2.38. The third-order valence-electron chi connectivity index (χ3n) is 5.84. The van der Waals surface area contributed by atoms with Crippen molar-refractivity contribution in [1.29, 1.82) is 0 Å². The van der Waals surface area contributed by atoms with Gasteiger partial charge in [-0.2, -0.15) is 18.3 Å². The van der Waals surface area contributed by atoms with Crippen molar-refractivity contribution in [2.75, 3.05) is 0 Å². The quantitative estimate of drug-likeness (QED) is 0.251. The number of hydrogen-bond acceptors (Lipinski definition) is 4. The van der Waals surface area contributed by atoms with Crippen molar-refractivity contribution in [1.82, 2.24) is 24.1 Å². The Hall–Kier alpha value is -3.93. The Labute approximate surface area is 200 Å². The van der Waals surface area contributed by atoms with E-state index in [1.165, 1.54) is 17.1 Å². The van der Waals surface area contributed by atoms with Crippen LogP contribution in [0.3, 0.4) is 0 Å². The van der Waals surface area contributed by atoms with E-state index in [9.17, 15) is 18.0 Å². The molecule has 0 aliphatic carbocycles. The molecule has 1 aromatic carbocycles. The zero-order chi connectivity index (χ0) is 25.2. The van der Waals surface area contributed by atoms with E-state index in [0.717, 1.165) is 16.7 Å². The molecular formula is C26H24F3N5O. The lowest BCUT2D eigenvalue weighted by molar-refractivity contribution is -0.141. The van der Waals surface area contributed by atoms with Crippen molar-refractivity contribution < 1.29 is 18.0 Å². The molecule has 0 bridgehead atoms. The molecule has 0 spiro atoms. The van der Waals surface area contributed by atoms with Crippen molar-refractivity contribution in [3.05, 3.63) is 71.1 Å². The molecule has 4 rings (SSSR count). The van der Waals surface area contributed by atoms with Crippen LogP contribution in [-0.2, 0) is 25.6 Å². The van der Waals surface area contributed by atoms with Crippen LogP contribution in [0.2, 0.25) is 0 Å². The Bertz CT molecular complexity index is 1430. The molecule has 0 N–H and O–H groups in total. The number of Topliss-reactive ketones (excluding diaryl/α,β-unsaturated/α-hetero) is 1. The number of benzene rings is 1. The molecule has 0 amide bonds. The number of carbonyl (C=O) groups is 1. The van der Waals surface area contributed by atoms with E-state index in [-0.39, 0.29) is 30.0 Å². The van der Waals surface area contributed by atoms with Crippen molar-refractivity contribution in [2.45, 2.75) is 52.3 Å². The summed E-state index contributed by atoms with van der Waals surface area (Å²) in [6, 6.07) is 5.70. The third kappa shape index (κ3) is 4.83. The second-order valence-corrected chi connectivity index (χ2v) is 8.12. The van der Waals surface area contributed by atoms with E-state index in [1.807, 2.05) is 32.0 Å². The first-order valence-electron chi connectivity index (χ1n) is 11.3. The summed E-state index contributed by atoms with van der Waals surface area (Å²) in [7, 11) is 0. The summed E-state index contributed by atoms with van der Waals surface area (Å²) in [4.78, 5) is 21.0. The maximum atomic E-state index is 13.7. The normalized spacial score (nSPS) is 11.7. The minimum Gasteiger partial charge on any atom is -0.296 e. The molecule has 0 atom stereocenters. The van der Waals surface area contributed by atoms with E-state index >= 15 is 0 Å². The van der Waals surface area contributed by atoms with Gasteiger partial charge in [-0.1, -0.05) is 32.0 Å². The van der Waals surface area contributed by atoms with Crippen molar-refractivity contribution >= 4 is 11.4 Å². The molecule has 0 fully saturated rings. The summed E-state index contributed by atoms with van der Waals surface area (Å²) in [5.41, 5.74) is 2.89. The Morgan fingerprint density at radius 3 is 2.69 bits per heavy atom. The number of nitrogens with zero attached hydrogens (tertiary/aromatic N) is 5. The number of aryl methyl sites for hydroxylation is 2. The van der Waals surface area contributed by atoms with Gasteiger partial charge in [-0.3, -0.25) is 18.9 Å². The molecule has 35 heavy (non-hydrogen) atoms. The van der Waals surface area contributed by atoms with Crippen LogP contribution in [0.4, 0.5) is 13.2 Å². The second kappa shape index (κ2) is 9.74. The molecular weight excluding hydrogens is 455 g/mol. The molecule has 3 aromatic heterocycles. The lowest BCUT2D eigenvalue weighted by atomic mass is 9.96. The highest BCUT2D eigenvalue weighted by atomic mass is 19.4. The standard InChI is InChI=1S/C26H24F3N5O/c1-4-7-11-33-16-20(24(32-33)26(27,28)29)22-15-31-25-21(30-10-12-34(22)25)14-17-8-9-19(23(35)6-3)18(5-2)13-17/h1,8-10,12-13,15-16H,5-7,11,14H2,2-3H3. The van der Waals surface area contributed by atoms with Gasteiger partial charge in [-0.15, -0.1) is 12.3 Å². The molecule has 0 radical (unpaired) electrons. The van der Waals surface area contributed by atoms with E-state index in [4.69, 9.17) is 6.42 Å². The molecule has 180 valence electrons. The van der Waals surface area contributed by atoms with Crippen LogP contribution in [0.15, 0.2) is 43.0 Å². The summed E-state index contributed by atoms with van der Waals surface area (Å²) >= 11 is 0. The second-order valence-electron chi connectivity index (χ2n) is 8.12. The van der Waals surface area contributed by atoms with Crippen LogP contribution in [0.25, 0.3) is 16.9 Å². The Morgan fingerprint density at radius 1 is 1.20 bits per heavy atom. The minimum atomic E-state index is -4.63. The fourth-order valence-corrected chi connectivity index (χ4v) is 4.11. The molecule has 4 aromatic rings. The van der Waals surface area contributed by atoms with Crippen LogP contribution in [0.1, 0.15) is 59.6 Å². The molecule has 0 saturated carbocycles. The fourth-order valence-electron chi connectivity index (χ4n) is 4.11. The van der Waals surface area contributed by atoms with Gasteiger partial charge in [0, 0.05) is 43.4 Å². The maximum Gasteiger partial charge on any atom is 0.435 e. The highest BCUT2D eigenvalue weighted by Crippen LogP contribution is 2.36. The predicted molar refractivity (Wildman–Crippen MR) is 126 cm³/mol. The zero-order valence-corrected chi connectivity index (χ0v) is 19.4. The average Bonchev–Trinajstić information content (AvgIpc) is 3.47. The predicted octanol–water partition coefficient (Wildman–Crippen LogP) is 5.38. The number of terminal acetylenes is 1. The SMILES string of the molecule is C#CCCn1cc(-c2cnc3c(Cc4ccc(C(=O)CC)c(CC)c4)nccn23)c(C(F)(F)F)n1. The Kier molecular flexibility index (Phi) is 6.74. The van der Waals surface area contributed by atoms with Crippen LogP contribution in [0.5, 0.6) is 0 Å². The number of ketones is 1. The summed E-state index contributed by atoms with van der Waals surface area (Å²) in [6.07, 6.45) is 8.32. The molecule has 3 heterocycles. The smallest absolute Gasteiger partial charge is 0.296 e. The molecule has 0 unspecified atom stereocenters. The van der Waals surface area contributed by atoms with Gasteiger partial charge in [-0.05, 0) is 17.5 Å². The Balaban J connectivity index is 1.74. The number of halogens is 3. The summed E-state index contributed by atoms with van der Waals surface area (Å²) in [5, 5.41) is 3.73. The highest BCUT2D eigenvalue weighted by molar-refractivity contribution is 5.97. The number of carbonyl (C=O) groups excluding carboxylic acids is 1. The van der Waals surface area contributed by atoms with Gasteiger partial charge in [0.25, 0.3) is 0 Å². The van der Waals surface area contributed by atoms with Crippen LogP contribution in [-0.4, -0.2) is 29.9 Å². The minimum absolute atomic E-state index is 0.0742. The number of hydrogen-bond donors (Lipinski definition) is 0. The first-order valence-corrected chi connectivity index (χ1v) is 11.3. The average molecular weight is 480 g/mol. The summed E-state index contributed by atoms with van der Waals surface area (Å²) in [6.45, 7) is 4.01. The lowest BCUT2D eigenvalue weighted by Crippen LogP contribution is -2.09. The van der Waals surface area contributed by atoms with Crippen LogP contribution in [0, 0.1) is 12.3 Å². The first-order chi connectivity index (χ1) is 16.8. The van der Waals surface area contributed by atoms with E-state index < -0.39 is 11.9 Å². The maximum absolute atomic E-state index is 13.7. The zero-order valence-electron chi connectivity index (χ0n) is 19.4. The van der Waals surface area contributed by atoms with Crippen LogP contribution < -0.4 is 0 Å². The van der Waals surface area contributed by atoms with Gasteiger partial charge in [0.2, 0.25) is 0 Å². The molecule has 0 aliphatic heterocycles. The van der Waals surface area contributed by atoms with Gasteiger partial charge < -0.3 is 0 Å². The van der Waals surface area contributed by atoms with E-state index in [2.05, 4.69) is 21.0 Å². The largest absolute Gasteiger partial charge is 0.435 e. The van der Waals surface area contributed by atoms with Gasteiger partial charge >= 0.3 is 6.18 Å². The summed E-state index contributed by atoms with van der Waals surface area (Å²) < 4.78 is 44.0. The number of imidazole rings is 1. The van der Waals surface area contributed by atoms with Gasteiger partial charge in [-0.25, -0.2) is 4.98 Å². The first kappa shape index (κ1) is 24.2. The van der Waals surface area contributed by atoms with Crippen molar-refractivity contribution in [3.63, 3.8) is 0 Å². The third-order valence-corrected chi connectivity index (χ3v) is 5.84. The Morgan fingerprint density at radius 2 is 2.00 bits per heavy atom. The molecule has 6 nitrogen and oxygen atoms in total. The van der Waals surface area contributed by atoms with Crippen LogP contribution >= 0.6 is 0 Å². The number of aromatic nitrogens is 5. The van der Waals surface area contributed by atoms with Gasteiger partial charge in [0.15, 0.2) is 17.1 Å². The van der Waals surface area contributed by atoms with Crippen molar-refractivity contribution in [3.8, 4) is 23.6 Å². The molecule has 9 heteroatoms.